The molecule has 0 fully saturated rings. The molecule has 17 nitrogen and oxygen atoms in total. The molecule has 636 valence electrons. The summed E-state index contributed by atoms with van der Waals surface area (Å²) in [6.45, 7) is 9.73. The molecule has 0 spiro atoms. The highest BCUT2D eigenvalue weighted by Crippen LogP contribution is 2.45. The number of phosphoric ester groups is 2. The Bertz CT molecular complexity index is 2050. The maximum atomic E-state index is 13.2. The predicted octanol–water partition coefficient (Wildman–Crippen LogP) is 27.0. The summed E-state index contributed by atoms with van der Waals surface area (Å²) in [5, 5.41) is 10.7. The van der Waals surface area contributed by atoms with E-state index in [1.807, 2.05) is 0 Å². The molecule has 0 saturated heterocycles. The molecule has 0 aliphatic heterocycles. The minimum atomic E-state index is -4.97. The lowest BCUT2D eigenvalue weighted by Gasteiger charge is -2.21. The van der Waals surface area contributed by atoms with Gasteiger partial charge in [0.25, 0.3) is 0 Å². The summed E-state index contributed by atoms with van der Waals surface area (Å²) in [6.07, 6.45) is 72.2. The van der Waals surface area contributed by atoms with Crippen molar-refractivity contribution < 1.29 is 80.2 Å². The van der Waals surface area contributed by atoms with Gasteiger partial charge in [-0.3, -0.25) is 37.3 Å². The van der Waals surface area contributed by atoms with Gasteiger partial charge < -0.3 is 33.8 Å². The molecule has 0 aliphatic carbocycles. The lowest BCUT2D eigenvalue weighted by molar-refractivity contribution is -0.161. The lowest BCUT2D eigenvalue weighted by Crippen LogP contribution is -2.30. The second kappa shape index (κ2) is 79.3. The fraction of sp³-hybridized carbons (Fsp3) is 0.955. The average molecular weight is 1560 g/mol. The van der Waals surface area contributed by atoms with Crippen LogP contribution < -0.4 is 0 Å². The molecular formula is C88H172O17P2. The molecule has 0 amide bonds. The fourth-order valence-electron chi connectivity index (χ4n) is 13.8. The molecule has 107 heavy (non-hydrogen) atoms. The van der Waals surface area contributed by atoms with Gasteiger partial charge in [0.15, 0.2) is 12.2 Å². The number of carbonyl (C=O) groups is 4. The van der Waals surface area contributed by atoms with Crippen molar-refractivity contribution in [3.8, 4) is 0 Å². The number of rotatable bonds is 87. The first-order valence-electron chi connectivity index (χ1n) is 45.5. The SMILES string of the molecule is CCCCCCCCCCCCCCCCCCCCCCC(=O)O[C@H](COC(=O)CCCCCCCCCCCCCCCCCCC(C)C)COP(=O)(O)OC[C@@H](O)COP(=O)(O)OC[C@@H](COC(=O)CCCCCCCCCCCC)OC(=O)CCCCCCCCCCCCCCCCCC(C)C. The van der Waals surface area contributed by atoms with Gasteiger partial charge in [0.2, 0.25) is 0 Å². The Labute approximate surface area is 658 Å². The topological polar surface area (TPSA) is 237 Å². The molecule has 0 aromatic carbocycles. The standard InChI is InChI=1S/C88H172O17P2/c1-7-9-11-13-15-17-19-20-21-22-23-24-25-32-37-42-48-54-60-66-72-88(93)105-84(77-99-86(91)71-65-59-53-47-41-36-31-27-26-29-34-39-44-50-56-62-68-80(3)4)79-103-107(96,97)101-75-82(89)74-100-106(94,95)102-78-83(76-98-85(90)70-64-58-52-46-18-16-14-12-10-8-2)104-87(92)73-67-61-55-49-43-38-33-28-30-35-40-45-51-57-63-69-81(5)6/h80-84,89H,7-79H2,1-6H3,(H,94,95)(H,96,97)/t82-,83+,84+/m0/s1. The number of unbranched alkanes of at least 4 members (excludes halogenated alkanes) is 57. The number of hydrogen-bond donors (Lipinski definition) is 3. The van der Waals surface area contributed by atoms with Gasteiger partial charge in [0, 0.05) is 25.7 Å². The van der Waals surface area contributed by atoms with Gasteiger partial charge in [0.1, 0.15) is 19.3 Å². The van der Waals surface area contributed by atoms with Gasteiger partial charge in [0.05, 0.1) is 26.4 Å². The van der Waals surface area contributed by atoms with Crippen molar-refractivity contribution in [2.45, 2.75) is 490 Å². The van der Waals surface area contributed by atoms with Crippen LogP contribution in [0, 0.1) is 11.8 Å². The number of carbonyl (C=O) groups excluding carboxylic acids is 4. The molecule has 0 saturated carbocycles. The summed E-state index contributed by atoms with van der Waals surface area (Å²) in [6, 6.07) is 0. The van der Waals surface area contributed by atoms with Crippen LogP contribution in [0.3, 0.4) is 0 Å². The Hall–Kier alpha value is -1.94. The number of aliphatic hydroxyl groups excluding tert-OH is 1. The number of hydrogen-bond acceptors (Lipinski definition) is 15. The molecule has 5 atom stereocenters. The van der Waals surface area contributed by atoms with Crippen molar-refractivity contribution >= 4 is 39.5 Å². The highest BCUT2D eigenvalue weighted by molar-refractivity contribution is 7.47. The molecule has 0 radical (unpaired) electrons. The van der Waals surface area contributed by atoms with Crippen LogP contribution in [-0.2, 0) is 65.4 Å². The maximum absolute atomic E-state index is 13.2. The molecule has 0 aromatic rings. The molecular weight excluding hydrogens is 1390 g/mol. The molecule has 0 aliphatic rings. The lowest BCUT2D eigenvalue weighted by atomic mass is 10.0. The minimum Gasteiger partial charge on any atom is -0.462 e. The smallest absolute Gasteiger partial charge is 0.462 e. The van der Waals surface area contributed by atoms with Gasteiger partial charge in [-0.1, -0.05) is 420 Å². The number of phosphoric acid groups is 2. The van der Waals surface area contributed by atoms with Gasteiger partial charge in [-0.25, -0.2) is 9.13 Å². The Morgan fingerprint density at radius 3 is 0.636 bits per heavy atom. The normalized spacial score (nSPS) is 13.8. The largest absolute Gasteiger partial charge is 0.472 e. The van der Waals surface area contributed by atoms with Crippen LogP contribution in [0.4, 0.5) is 0 Å². The molecule has 19 heteroatoms. The molecule has 2 unspecified atom stereocenters. The minimum absolute atomic E-state index is 0.108. The van der Waals surface area contributed by atoms with E-state index in [-0.39, 0.29) is 25.7 Å². The van der Waals surface area contributed by atoms with E-state index in [9.17, 15) is 43.2 Å². The first kappa shape index (κ1) is 105. The van der Waals surface area contributed by atoms with Crippen LogP contribution in [0.15, 0.2) is 0 Å². The highest BCUT2D eigenvalue weighted by Gasteiger charge is 2.30. The second-order valence-electron chi connectivity index (χ2n) is 32.6. The molecule has 0 bridgehead atoms. The zero-order valence-corrected chi connectivity index (χ0v) is 72.2. The maximum Gasteiger partial charge on any atom is 0.472 e. The number of esters is 4. The predicted molar refractivity (Wildman–Crippen MR) is 442 cm³/mol. The van der Waals surface area contributed by atoms with Crippen molar-refractivity contribution in [1.29, 1.82) is 0 Å². The second-order valence-corrected chi connectivity index (χ2v) is 35.5. The molecule has 0 rings (SSSR count). The summed E-state index contributed by atoms with van der Waals surface area (Å²) in [5.74, 6) is -0.484. The summed E-state index contributed by atoms with van der Waals surface area (Å²) >= 11 is 0. The van der Waals surface area contributed by atoms with Crippen LogP contribution in [0.2, 0.25) is 0 Å². The quantitative estimate of drug-likeness (QED) is 0.0222. The van der Waals surface area contributed by atoms with Gasteiger partial charge in [-0.2, -0.15) is 0 Å². The zero-order chi connectivity index (χ0) is 78.5. The Morgan fingerprint density at radius 2 is 0.430 bits per heavy atom. The third-order valence-electron chi connectivity index (χ3n) is 20.7. The van der Waals surface area contributed by atoms with Crippen molar-refractivity contribution in [2.24, 2.45) is 11.8 Å². The van der Waals surface area contributed by atoms with Crippen molar-refractivity contribution in [3.63, 3.8) is 0 Å². The van der Waals surface area contributed by atoms with E-state index in [1.165, 1.54) is 289 Å². The Balaban J connectivity index is 5.22. The van der Waals surface area contributed by atoms with E-state index in [0.717, 1.165) is 102 Å². The monoisotopic (exact) mass is 1560 g/mol. The van der Waals surface area contributed by atoms with Crippen LogP contribution in [-0.4, -0.2) is 96.7 Å². The third-order valence-corrected chi connectivity index (χ3v) is 22.6. The van der Waals surface area contributed by atoms with Gasteiger partial charge >= 0.3 is 39.5 Å². The van der Waals surface area contributed by atoms with E-state index in [1.54, 1.807) is 0 Å². The van der Waals surface area contributed by atoms with Gasteiger partial charge in [-0.05, 0) is 37.5 Å². The Morgan fingerprint density at radius 1 is 0.252 bits per heavy atom. The van der Waals surface area contributed by atoms with E-state index < -0.39 is 97.5 Å². The fourth-order valence-corrected chi connectivity index (χ4v) is 15.4. The van der Waals surface area contributed by atoms with E-state index in [0.29, 0.717) is 25.7 Å². The number of ether oxygens (including phenoxy) is 4. The van der Waals surface area contributed by atoms with E-state index >= 15 is 0 Å². The summed E-state index contributed by atoms with van der Waals surface area (Å²) in [7, 11) is -9.93. The first-order valence-corrected chi connectivity index (χ1v) is 48.5. The summed E-state index contributed by atoms with van der Waals surface area (Å²) < 4.78 is 69.0. The Kier molecular flexibility index (Phi) is 77.9. The third kappa shape index (κ3) is 81.9. The van der Waals surface area contributed by atoms with Crippen molar-refractivity contribution in [2.75, 3.05) is 39.6 Å². The van der Waals surface area contributed by atoms with E-state index in [2.05, 4.69) is 41.5 Å². The molecule has 3 N–H and O–H groups in total. The summed E-state index contributed by atoms with van der Waals surface area (Å²) in [4.78, 5) is 73.3. The first-order chi connectivity index (χ1) is 51.9. The molecule has 0 heterocycles. The van der Waals surface area contributed by atoms with Crippen LogP contribution in [0.5, 0.6) is 0 Å². The number of aliphatic hydroxyl groups is 1. The average Bonchev–Trinajstić information content (AvgIpc) is 0.914. The van der Waals surface area contributed by atoms with Gasteiger partial charge in [-0.15, -0.1) is 0 Å². The van der Waals surface area contributed by atoms with Crippen LogP contribution in [0.25, 0.3) is 0 Å². The van der Waals surface area contributed by atoms with Crippen molar-refractivity contribution in [1.82, 2.24) is 0 Å². The van der Waals surface area contributed by atoms with Crippen molar-refractivity contribution in [3.05, 3.63) is 0 Å². The van der Waals surface area contributed by atoms with Crippen LogP contribution >= 0.6 is 15.6 Å². The van der Waals surface area contributed by atoms with E-state index in [4.69, 9.17) is 37.0 Å². The zero-order valence-electron chi connectivity index (χ0n) is 70.5. The van der Waals surface area contributed by atoms with Crippen LogP contribution in [0.1, 0.15) is 472 Å². The highest BCUT2D eigenvalue weighted by atomic mass is 31.2. The summed E-state index contributed by atoms with van der Waals surface area (Å²) in [5.41, 5.74) is 0. The molecule has 0 aromatic heterocycles.